The number of rotatable bonds is 5. The van der Waals surface area contributed by atoms with Crippen LogP contribution in [0, 0.1) is 11.3 Å². The normalized spacial score (nSPS) is 22.5. The molecule has 0 aliphatic carbocycles. The highest BCUT2D eigenvalue weighted by Crippen LogP contribution is 2.24. The Labute approximate surface area is 119 Å². The van der Waals surface area contributed by atoms with Crippen LogP contribution in [0.1, 0.15) is 32.9 Å². The molecule has 108 valence electrons. The Morgan fingerprint density at radius 2 is 2.20 bits per heavy atom. The molecule has 2 N–H and O–H groups in total. The van der Waals surface area contributed by atoms with Gasteiger partial charge < -0.3 is 5.32 Å². The molecule has 0 aromatic carbocycles. The monoisotopic (exact) mass is 274 g/mol. The quantitative estimate of drug-likeness (QED) is 0.860. The summed E-state index contributed by atoms with van der Waals surface area (Å²) in [5.74, 6) is 0.598. The van der Waals surface area contributed by atoms with Crippen molar-refractivity contribution in [1.82, 2.24) is 15.2 Å². The van der Waals surface area contributed by atoms with Gasteiger partial charge in [0.1, 0.15) is 5.54 Å². The van der Waals surface area contributed by atoms with Crippen molar-refractivity contribution in [1.29, 1.82) is 5.41 Å². The van der Waals surface area contributed by atoms with E-state index in [-0.39, 0.29) is 11.9 Å². The molecule has 0 radical (unpaired) electrons. The van der Waals surface area contributed by atoms with Crippen LogP contribution in [0.25, 0.3) is 0 Å². The third kappa shape index (κ3) is 2.98. The van der Waals surface area contributed by atoms with Gasteiger partial charge in [0.05, 0.1) is 0 Å². The largest absolute Gasteiger partial charge is 0.342 e. The molecule has 2 rings (SSSR count). The zero-order chi connectivity index (χ0) is 14.8. The average molecular weight is 274 g/mol. The summed E-state index contributed by atoms with van der Waals surface area (Å²) in [5.41, 5.74) is 0.292. The van der Waals surface area contributed by atoms with E-state index < -0.39 is 5.54 Å². The van der Waals surface area contributed by atoms with Crippen molar-refractivity contribution in [2.24, 2.45) is 5.92 Å². The van der Waals surface area contributed by atoms with E-state index in [0.29, 0.717) is 18.9 Å². The van der Waals surface area contributed by atoms with Crippen LogP contribution in [0.4, 0.5) is 0 Å². The molecule has 2 heterocycles. The number of guanidine groups is 1. The summed E-state index contributed by atoms with van der Waals surface area (Å²) in [6.07, 6.45) is 3.14. The van der Waals surface area contributed by atoms with Crippen molar-refractivity contribution in [2.75, 3.05) is 6.54 Å². The maximum absolute atomic E-state index is 12.5. The Bertz CT molecular complexity index is 500. The third-order valence-electron chi connectivity index (χ3n) is 3.52. The van der Waals surface area contributed by atoms with Gasteiger partial charge in [-0.3, -0.25) is 20.1 Å². The number of aromatic nitrogens is 1. The van der Waals surface area contributed by atoms with E-state index in [2.05, 4.69) is 24.1 Å². The number of nitrogens with zero attached hydrogens (tertiary/aromatic N) is 2. The number of hydrogen-bond acceptors (Lipinski definition) is 3. The van der Waals surface area contributed by atoms with Gasteiger partial charge in [0, 0.05) is 24.9 Å². The highest BCUT2D eigenvalue weighted by Gasteiger charge is 2.45. The van der Waals surface area contributed by atoms with Gasteiger partial charge in [-0.05, 0) is 31.4 Å². The van der Waals surface area contributed by atoms with Crippen molar-refractivity contribution < 1.29 is 4.79 Å². The van der Waals surface area contributed by atoms with Crippen LogP contribution in [0.15, 0.2) is 24.4 Å². The zero-order valence-corrected chi connectivity index (χ0v) is 12.3. The number of pyridine rings is 1. The minimum Gasteiger partial charge on any atom is -0.342 e. The maximum Gasteiger partial charge on any atom is 0.254 e. The van der Waals surface area contributed by atoms with Crippen LogP contribution in [0.3, 0.4) is 0 Å². The lowest BCUT2D eigenvalue weighted by Gasteiger charge is -2.23. The Hall–Kier alpha value is -1.91. The van der Waals surface area contributed by atoms with E-state index in [9.17, 15) is 4.79 Å². The first-order valence-corrected chi connectivity index (χ1v) is 7.01. The van der Waals surface area contributed by atoms with E-state index in [1.165, 1.54) is 4.90 Å². The molecule has 1 amide bonds. The first kappa shape index (κ1) is 14.5. The molecule has 1 fully saturated rings. The van der Waals surface area contributed by atoms with E-state index in [1.807, 2.05) is 25.1 Å². The van der Waals surface area contributed by atoms with Crippen LogP contribution in [0.2, 0.25) is 0 Å². The second kappa shape index (κ2) is 5.61. The molecule has 0 saturated carbocycles. The number of nitrogens with one attached hydrogen (secondary N) is 2. The highest BCUT2D eigenvalue weighted by molar-refractivity contribution is 6.07. The van der Waals surface area contributed by atoms with Crippen molar-refractivity contribution in [3.63, 3.8) is 0 Å². The SMILES string of the molecule is CC(C)CC1(C)NC(=N)N(CCc2ccccn2)C1=O. The molecular formula is C15H22N4O. The average Bonchev–Trinajstić information content (AvgIpc) is 2.58. The van der Waals surface area contributed by atoms with Crippen LogP contribution >= 0.6 is 0 Å². The molecule has 1 unspecified atom stereocenters. The molecule has 0 spiro atoms. The lowest BCUT2D eigenvalue weighted by atomic mass is 9.91. The third-order valence-corrected chi connectivity index (χ3v) is 3.52. The van der Waals surface area contributed by atoms with Crippen molar-refractivity contribution in [3.05, 3.63) is 30.1 Å². The molecular weight excluding hydrogens is 252 g/mol. The Morgan fingerprint density at radius 3 is 2.80 bits per heavy atom. The van der Waals surface area contributed by atoms with Crippen LogP contribution in [-0.2, 0) is 11.2 Å². The summed E-state index contributed by atoms with van der Waals surface area (Å²) in [4.78, 5) is 18.3. The van der Waals surface area contributed by atoms with E-state index in [1.54, 1.807) is 6.20 Å². The topological polar surface area (TPSA) is 69.1 Å². The van der Waals surface area contributed by atoms with Crippen molar-refractivity contribution in [3.8, 4) is 0 Å². The second-order valence-corrected chi connectivity index (χ2v) is 5.93. The molecule has 1 aliphatic heterocycles. The Morgan fingerprint density at radius 1 is 1.45 bits per heavy atom. The van der Waals surface area contributed by atoms with Gasteiger partial charge in [-0.25, -0.2) is 0 Å². The molecule has 0 bridgehead atoms. The predicted octanol–water partition coefficient (Wildman–Crippen LogP) is 1.80. The molecule has 1 aromatic rings. The zero-order valence-electron chi connectivity index (χ0n) is 12.3. The van der Waals surface area contributed by atoms with E-state index in [4.69, 9.17) is 5.41 Å². The van der Waals surface area contributed by atoms with Gasteiger partial charge in [-0.2, -0.15) is 0 Å². The second-order valence-electron chi connectivity index (χ2n) is 5.93. The summed E-state index contributed by atoms with van der Waals surface area (Å²) >= 11 is 0. The molecule has 1 saturated heterocycles. The Kier molecular flexibility index (Phi) is 4.06. The number of hydrogen-bond donors (Lipinski definition) is 2. The van der Waals surface area contributed by atoms with Gasteiger partial charge in [0.25, 0.3) is 5.91 Å². The summed E-state index contributed by atoms with van der Waals surface area (Å²) in [6.45, 7) is 6.54. The lowest BCUT2D eigenvalue weighted by molar-refractivity contribution is -0.131. The number of amides is 1. The summed E-state index contributed by atoms with van der Waals surface area (Å²) in [7, 11) is 0. The molecule has 5 nitrogen and oxygen atoms in total. The standard InChI is InChI=1S/C15H22N4O/c1-11(2)10-15(3)13(20)19(14(16)18-15)9-7-12-6-4-5-8-17-12/h4-6,8,11H,7,9-10H2,1-3H3,(H2,16,18). The lowest BCUT2D eigenvalue weighted by Crippen LogP contribution is -2.45. The minimum absolute atomic E-state index is 0.00729. The minimum atomic E-state index is -0.643. The first-order chi connectivity index (χ1) is 9.42. The maximum atomic E-state index is 12.5. The molecule has 20 heavy (non-hydrogen) atoms. The van der Waals surface area contributed by atoms with Crippen LogP contribution in [-0.4, -0.2) is 33.8 Å². The van der Waals surface area contributed by atoms with Gasteiger partial charge in [0.15, 0.2) is 5.96 Å². The summed E-state index contributed by atoms with van der Waals surface area (Å²) in [5, 5.41) is 11.0. The van der Waals surface area contributed by atoms with Crippen LogP contribution < -0.4 is 5.32 Å². The number of carbonyl (C=O) groups is 1. The first-order valence-electron chi connectivity index (χ1n) is 7.01. The van der Waals surface area contributed by atoms with Crippen molar-refractivity contribution >= 4 is 11.9 Å². The van der Waals surface area contributed by atoms with Gasteiger partial charge in [-0.1, -0.05) is 19.9 Å². The molecule has 5 heteroatoms. The fourth-order valence-corrected chi connectivity index (χ4v) is 2.72. The highest BCUT2D eigenvalue weighted by atomic mass is 16.2. The molecule has 1 atom stereocenters. The molecule has 1 aromatic heterocycles. The summed E-state index contributed by atoms with van der Waals surface area (Å²) < 4.78 is 0. The van der Waals surface area contributed by atoms with E-state index in [0.717, 1.165) is 12.1 Å². The van der Waals surface area contributed by atoms with Gasteiger partial charge in [-0.15, -0.1) is 0 Å². The fraction of sp³-hybridized carbons (Fsp3) is 0.533. The van der Waals surface area contributed by atoms with E-state index >= 15 is 0 Å². The fourth-order valence-electron chi connectivity index (χ4n) is 2.72. The number of carbonyl (C=O) groups excluding carboxylic acids is 1. The van der Waals surface area contributed by atoms with Gasteiger partial charge in [0.2, 0.25) is 0 Å². The summed E-state index contributed by atoms with van der Waals surface area (Å²) in [6, 6.07) is 5.74. The predicted molar refractivity (Wildman–Crippen MR) is 78.4 cm³/mol. The smallest absolute Gasteiger partial charge is 0.254 e. The molecule has 1 aliphatic rings. The van der Waals surface area contributed by atoms with Crippen LogP contribution in [0.5, 0.6) is 0 Å². The Balaban J connectivity index is 2.02. The van der Waals surface area contributed by atoms with Crippen molar-refractivity contribution in [2.45, 2.75) is 39.2 Å². The van der Waals surface area contributed by atoms with Gasteiger partial charge >= 0.3 is 0 Å².